The lowest BCUT2D eigenvalue weighted by Gasteiger charge is -2.29. The van der Waals surface area contributed by atoms with Gasteiger partial charge in [0.1, 0.15) is 10.6 Å². The maximum atomic E-state index is 12.0. The average molecular weight is 444 g/mol. The Hall–Kier alpha value is -2.47. The van der Waals surface area contributed by atoms with Crippen molar-refractivity contribution in [3.05, 3.63) is 53.1 Å². The molecular formula is C18H20O9S2. The molecule has 0 atom stereocenters. The van der Waals surface area contributed by atoms with Crippen LogP contribution in [0.3, 0.4) is 0 Å². The minimum atomic E-state index is -4.79. The Morgan fingerprint density at radius 3 is 1.86 bits per heavy atom. The van der Waals surface area contributed by atoms with Crippen molar-refractivity contribution in [2.75, 3.05) is 7.11 Å². The molecule has 0 saturated heterocycles. The van der Waals surface area contributed by atoms with E-state index in [9.17, 15) is 30.7 Å². The highest BCUT2D eigenvalue weighted by Gasteiger charge is 2.34. The van der Waals surface area contributed by atoms with E-state index >= 15 is 0 Å². The number of hydrogen-bond acceptors (Lipinski definition) is 7. The maximum Gasteiger partial charge on any atom is 0.513 e. The third-order valence-electron chi connectivity index (χ3n) is 4.36. The van der Waals surface area contributed by atoms with Gasteiger partial charge in [0, 0.05) is 11.5 Å². The molecule has 0 radical (unpaired) electrons. The SMILES string of the molecule is COC(=O)Oc1ccc(C(C)(C)c2ccc(C)cc2S(=O)(=O)O)c(S(=O)(=O)O)c1. The van der Waals surface area contributed by atoms with Crippen LogP contribution in [0, 0.1) is 6.92 Å². The fourth-order valence-corrected chi connectivity index (χ4v) is 4.74. The predicted octanol–water partition coefficient (Wildman–Crippen LogP) is 2.96. The maximum absolute atomic E-state index is 12.0. The summed E-state index contributed by atoms with van der Waals surface area (Å²) in [5, 5.41) is 0. The Bertz CT molecular complexity index is 1160. The molecule has 0 unspecified atom stereocenters. The molecule has 2 rings (SSSR count). The first-order chi connectivity index (χ1) is 13.2. The van der Waals surface area contributed by atoms with Crippen molar-refractivity contribution in [2.45, 2.75) is 36.0 Å². The van der Waals surface area contributed by atoms with E-state index in [0.717, 1.165) is 13.2 Å². The second kappa shape index (κ2) is 7.75. The summed E-state index contributed by atoms with van der Waals surface area (Å²) in [5.41, 5.74) is -0.606. The molecular weight excluding hydrogens is 424 g/mol. The normalized spacial score (nSPS) is 12.5. The van der Waals surface area contributed by atoms with E-state index in [1.165, 1.54) is 38.1 Å². The first-order valence-electron chi connectivity index (χ1n) is 8.14. The van der Waals surface area contributed by atoms with Gasteiger partial charge in [-0.25, -0.2) is 4.79 Å². The van der Waals surface area contributed by atoms with Gasteiger partial charge in [-0.05, 0) is 35.7 Å². The zero-order valence-electron chi connectivity index (χ0n) is 16.0. The van der Waals surface area contributed by atoms with E-state index in [-0.39, 0.29) is 16.9 Å². The van der Waals surface area contributed by atoms with E-state index in [0.29, 0.717) is 5.56 Å². The van der Waals surface area contributed by atoms with Gasteiger partial charge in [-0.1, -0.05) is 32.0 Å². The number of methoxy groups -OCH3 is 1. The van der Waals surface area contributed by atoms with Crippen molar-refractivity contribution >= 4 is 26.4 Å². The molecule has 0 spiro atoms. The number of carbonyl (C=O) groups is 1. The summed E-state index contributed by atoms with van der Waals surface area (Å²) in [6, 6.07) is 7.77. The number of ether oxygens (including phenoxy) is 2. The van der Waals surface area contributed by atoms with Gasteiger partial charge < -0.3 is 9.47 Å². The second-order valence-electron chi connectivity index (χ2n) is 6.79. The molecule has 158 valence electrons. The molecule has 9 nitrogen and oxygen atoms in total. The largest absolute Gasteiger partial charge is 0.513 e. The van der Waals surface area contributed by atoms with E-state index < -0.39 is 41.6 Å². The summed E-state index contributed by atoms with van der Waals surface area (Å²) >= 11 is 0. The van der Waals surface area contributed by atoms with Crippen LogP contribution in [0.15, 0.2) is 46.2 Å². The number of hydrogen-bond donors (Lipinski definition) is 2. The highest BCUT2D eigenvalue weighted by Crippen LogP contribution is 2.40. The highest BCUT2D eigenvalue weighted by molar-refractivity contribution is 7.86. The van der Waals surface area contributed by atoms with E-state index in [4.69, 9.17) is 4.74 Å². The third kappa shape index (κ3) is 4.93. The van der Waals surface area contributed by atoms with E-state index in [1.807, 2.05) is 0 Å². The van der Waals surface area contributed by atoms with Gasteiger partial charge in [-0.3, -0.25) is 9.11 Å². The Balaban J connectivity index is 2.78. The van der Waals surface area contributed by atoms with Crippen molar-refractivity contribution in [3.8, 4) is 5.75 Å². The van der Waals surface area contributed by atoms with Gasteiger partial charge >= 0.3 is 6.16 Å². The molecule has 0 aliphatic heterocycles. The monoisotopic (exact) mass is 444 g/mol. The number of benzene rings is 2. The quantitative estimate of drug-likeness (QED) is 0.404. The molecule has 0 bridgehead atoms. The fraction of sp³-hybridized carbons (Fsp3) is 0.278. The van der Waals surface area contributed by atoms with Crippen LogP contribution in [-0.2, 0) is 30.4 Å². The zero-order valence-corrected chi connectivity index (χ0v) is 17.7. The van der Waals surface area contributed by atoms with Crippen LogP contribution in [0.2, 0.25) is 0 Å². The molecule has 2 aromatic carbocycles. The molecule has 29 heavy (non-hydrogen) atoms. The van der Waals surface area contributed by atoms with Crippen LogP contribution in [-0.4, -0.2) is 39.2 Å². The summed E-state index contributed by atoms with van der Waals surface area (Å²) in [4.78, 5) is 10.3. The van der Waals surface area contributed by atoms with Crippen molar-refractivity contribution in [3.63, 3.8) is 0 Å². The minimum absolute atomic E-state index is 0.0194. The van der Waals surface area contributed by atoms with Gasteiger partial charge in [0.05, 0.1) is 12.0 Å². The van der Waals surface area contributed by atoms with Crippen LogP contribution in [0.1, 0.15) is 30.5 Å². The number of carbonyl (C=O) groups excluding carboxylic acids is 1. The summed E-state index contributed by atoms with van der Waals surface area (Å²) in [6.07, 6.45) is -1.09. The van der Waals surface area contributed by atoms with Crippen molar-refractivity contribution in [2.24, 2.45) is 0 Å². The predicted molar refractivity (Wildman–Crippen MR) is 102 cm³/mol. The standard InChI is InChI=1S/C18H20O9S2/c1-11-5-7-13(15(9-11)28(20,21)22)18(2,3)14-8-6-12(27-17(19)26-4)10-16(14)29(23,24)25/h5-10H,1-4H3,(H,20,21,22)(H,23,24,25). The first-order valence-corrected chi connectivity index (χ1v) is 11.0. The van der Waals surface area contributed by atoms with E-state index in [1.54, 1.807) is 13.0 Å². The van der Waals surface area contributed by atoms with Gasteiger partial charge in [0.2, 0.25) is 0 Å². The molecule has 11 heteroatoms. The van der Waals surface area contributed by atoms with Crippen LogP contribution < -0.4 is 4.74 Å². The lowest BCUT2D eigenvalue weighted by molar-refractivity contribution is 0.121. The molecule has 0 aromatic heterocycles. The fourth-order valence-electron chi connectivity index (χ4n) is 2.94. The molecule has 0 aliphatic carbocycles. The molecule has 0 fully saturated rings. The van der Waals surface area contributed by atoms with Gasteiger partial charge in [0.25, 0.3) is 20.2 Å². The van der Waals surface area contributed by atoms with E-state index in [2.05, 4.69) is 4.74 Å². The topological polar surface area (TPSA) is 144 Å². The summed E-state index contributed by atoms with van der Waals surface area (Å²) in [6.45, 7) is 4.68. The lowest BCUT2D eigenvalue weighted by atomic mass is 9.78. The summed E-state index contributed by atoms with van der Waals surface area (Å²) < 4.78 is 76.2. The number of aryl methyl sites for hydroxylation is 1. The van der Waals surface area contributed by atoms with Crippen LogP contribution in [0.5, 0.6) is 5.75 Å². The first kappa shape index (κ1) is 22.8. The van der Waals surface area contributed by atoms with Gasteiger partial charge in [0.15, 0.2) is 0 Å². The second-order valence-corrected chi connectivity index (χ2v) is 9.57. The average Bonchev–Trinajstić information content (AvgIpc) is 2.59. The van der Waals surface area contributed by atoms with Crippen LogP contribution in [0.4, 0.5) is 4.79 Å². The summed E-state index contributed by atoms with van der Waals surface area (Å²) in [5.74, 6) is -0.206. The molecule has 0 amide bonds. The molecule has 0 aliphatic rings. The zero-order chi connectivity index (χ0) is 22.2. The smallest absolute Gasteiger partial charge is 0.437 e. The number of rotatable bonds is 5. The van der Waals surface area contributed by atoms with Crippen molar-refractivity contribution in [1.82, 2.24) is 0 Å². The lowest BCUT2D eigenvalue weighted by Crippen LogP contribution is -2.25. The Labute approximate surface area is 168 Å². The molecule has 0 heterocycles. The molecule has 2 aromatic rings. The Kier molecular flexibility index (Phi) is 6.09. The van der Waals surface area contributed by atoms with Gasteiger partial charge in [-0.2, -0.15) is 16.8 Å². The third-order valence-corrected chi connectivity index (χ3v) is 6.15. The van der Waals surface area contributed by atoms with Crippen LogP contribution in [0.25, 0.3) is 0 Å². The summed E-state index contributed by atoms with van der Waals surface area (Å²) in [7, 11) is -8.34. The van der Waals surface area contributed by atoms with Crippen LogP contribution >= 0.6 is 0 Å². The highest BCUT2D eigenvalue weighted by atomic mass is 32.2. The van der Waals surface area contributed by atoms with Crippen molar-refractivity contribution in [1.29, 1.82) is 0 Å². The molecule has 0 saturated carbocycles. The van der Waals surface area contributed by atoms with Crippen molar-refractivity contribution < 1.29 is 40.2 Å². The Morgan fingerprint density at radius 2 is 1.38 bits per heavy atom. The Morgan fingerprint density at radius 1 is 0.897 bits per heavy atom. The minimum Gasteiger partial charge on any atom is -0.437 e. The molecule has 2 N–H and O–H groups in total. The van der Waals surface area contributed by atoms with Gasteiger partial charge in [-0.15, -0.1) is 0 Å².